The summed E-state index contributed by atoms with van der Waals surface area (Å²) >= 11 is 1.39. The van der Waals surface area contributed by atoms with Crippen LogP contribution in [0.4, 0.5) is 17.3 Å². The molecule has 0 unspecified atom stereocenters. The highest BCUT2D eigenvalue weighted by atomic mass is 32.2. The number of thioether (sulfide) groups is 1. The number of hydrogen-bond acceptors (Lipinski definition) is 6. The van der Waals surface area contributed by atoms with Gasteiger partial charge in [-0.15, -0.1) is 10.2 Å². The Labute approximate surface area is 167 Å². The van der Waals surface area contributed by atoms with E-state index in [4.69, 9.17) is 4.74 Å². The fraction of sp³-hybridized carbons (Fsp3) is 0.250. The number of amides is 1. The van der Waals surface area contributed by atoms with Gasteiger partial charge in [0.25, 0.3) is 0 Å². The van der Waals surface area contributed by atoms with Crippen LogP contribution in [-0.4, -0.2) is 39.6 Å². The standard InChI is InChI=1S/C20H21N5O2S/c1-2-27-17-11-7-6-10-16(17)21-18(26)14-28-20-23-22-19-24(12-13-25(19)20)15-8-4-3-5-9-15/h3-11H,2,12-14H2,1H3,(H,21,26). The van der Waals surface area contributed by atoms with Gasteiger partial charge in [-0.25, -0.2) is 0 Å². The Hall–Kier alpha value is -3.00. The third-order valence-corrected chi connectivity index (χ3v) is 5.31. The molecule has 4 rings (SSSR count). The lowest BCUT2D eigenvalue weighted by Crippen LogP contribution is -2.15. The monoisotopic (exact) mass is 395 g/mol. The van der Waals surface area contributed by atoms with E-state index in [-0.39, 0.29) is 11.7 Å². The lowest BCUT2D eigenvalue weighted by atomic mass is 10.3. The van der Waals surface area contributed by atoms with Gasteiger partial charge in [-0.1, -0.05) is 42.1 Å². The van der Waals surface area contributed by atoms with Crippen LogP contribution in [0.5, 0.6) is 5.75 Å². The molecule has 0 saturated carbocycles. The Bertz CT molecular complexity index is 960. The molecular formula is C20H21N5O2S. The van der Waals surface area contributed by atoms with E-state index in [0.717, 1.165) is 29.9 Å². The van der Waals surface area contributed by atoms with Crippen LogP contribution in [0.25, 0.3) is 0 Å². The second-order valence-corrected chi connectivity index (χ2v) is 7.13. The van der Waals surface area contributed by atoms with Gasteiger partial charge in [-0.3, -0.25) is 9.36 Å². The van der Waals surface area contributed by atoms with Gasteiger partial charge >= 0.3 is 0 Å². The molecule has 1 aromatic heterocycles. The number of nitrogens with one attached hydrogen (secondary N) is 1. The number of ether oxygens (including phenoxy) is 1. The first kappa shape index (κ1) is 18.4. The molecule has 0 atom stereocenters. The molecule has 1 aliphatic heterocycles. The SMILES string of the molecule is CCOc1ccccc1NC(=O)CSc1nnc2n1CCN2c1ccccc1. The maximum Gasteiger partial charge on any atom is 0.234 e. The van der Waals surface area contributed by atoms with Gasteiger partial charge in [0.2, 0.25) is 11.9 Å². The van der Waals surface area contributed by atoms with E-state index in [2.05, 4.69) is 37.1 Å². The summed E-state index contributed by atoms with van der Waals surface area (Å²) in [5.74, 6) is 1.64. The fourth-order valence-electron chi connectivity index (χ4n) is 3.10. The molecule has 1 N–H and O–H groups in total. The Morgan fingerprint density at radius 1 is 1.11 bits per heavy atom. The first-order valence-corrected chi connectivity index (χ1v) is 10.1. The van der Waals surface area contributed by atoms with Crippen LogP contribution in [0.2, 0.25) is 0 Å². The zero-order chi connectivity index (χ0) is 19.3. The number of carbonyl (C=O) groups is 1. The highest BCUT2D eigenvalue weighted by molar-refractivity contribution is 7.99. The summed E-state index contributed by atoms with van der Waals surface area (Å²) < 4.78 is 7.60. The lowest BCUT2D eigenvalue weighted by Gasteiger charge is -2.14. The number of carbonyl (C=O) groups excluding carboxylic acids is 1. The van der Waals surface area contributed by atoms with E-state index in [0.29, 0.717) is 18.0 Å². The maximum atomic E-state index is 12.4. The van der Waals surface area contributed by atoms with E-state index in [1.54, 1.807) is 0 Å². The quantitative estimate of drug-likeness (QED) is 0.617. The zero-order valence-corrected chi connectivity index (χ0v) is 16.4. The van der Waals surface area contributed by atoms with Gasteiger partial charge in [0, 0.05) is 18.8 Å². The summed E-state index contributed by atoms with van der Waals surface area (Å²) in [5, 5.41) is 12.2. The van der Waals surface area contributed by atoms with Gasteiger partial charge in [-0.2, -0.15) is 0 Å². The predicted octanol–water partition coefficient (Wildman–Crippen LogP) is 3.56. The van der Waals surface area contributed by atoms with E-state index >= 15 is 0 Å². The molecule has 0 bridgehead atoms. The molecule has 1 aliphatic rings. The van der Waals surface area contributed by atoms with Crippen LogP contribution in [0.1, 0.15) is 6.92 Å². The topological polar surface area (TPSA) is 72.3 Å². The van der Waals surface area contributed by atoms with Crippen molar-refractivity contribution in [2.24, 2.45) is 0 Å². The third-order valence-electron chi connectivity index (χ3n) is 4.35. The summed E-state index contributed by atoms with van der Waals surface area (Å²) in [4.78, 5) is 14.5. The van der Waals surface area contributed by atoms with Crippen molar-refractivity contribution >= 4 is 35.0 Å². The minimum atomic E-state index is -0.104. The van der Waals surface area contributed by atoms with Crippen LogP contribution in [0.3, 0.4) is 0 Å². The molecule has 3 aromatic rings. The van der Waals surface area contributed by atoms with Crippen molar-refractivity contribution in [2.75, 3.05) is 29.1 Å². The number of aromatic nitrogens is 3. The Morgan fingerprint density at radius 2 is 1.89 bits per heavy atom. The molecular weight excluding hydrogens is 374 g/mol. The number of fused-ring (bicyclic) bond motifs is 1. The van der Waals surface area contributed by atoms with Crippen LogP contribution in [0.15, 0.2) is 59.8 Å². The van der Waals surface area contributed by atoms with Gasteiger partial charge in [0.15, 0.2) is 5.16 Å². The molecule has 28 heavy (non-hydrogen) atoms. The minimum absolute atomic E-state index is 0.104. The van der Waals surface area contributed by atoms with Crippen LogP contribution in [-0.2, 0) is 11.3 Å². The second-order valence-electron chi connectivity index (χ2n) is 6.19. The van der Waals surface area contributed by atoms with Crippen LogP contribution in [0, 0.1) is 0 Å². The van der Waals surface area contributed by atoms with E-state index in [1.807, 2.05) is 49.4 Å². The summed E-state index contributed by atoms with van der Waals surface area (Å²) in [6, 6.07) is 17.6. The molecule has 144 valence electrons. The van der Waals surface area contributed by atoms with Crippen molar-refractivity contribution in [3.8, 4) is 5.75 Å². The average molecular weight is 395 g/mol. The molecule has 0 spiro atoms. The molecule has 0 saturated heterocycles. The van der Waals surface area contributed by atoms with E-state index < -0.39 is 0 Å². The van der Waals surface area contributed by atoms with Crippen molar-refractivity contribution in [1.29, 1.82) is 0 Å². The molecule has 2 aromatic carbocycles. The molecule has 2 heterocycles. The summed E-state index contributed by atoms with van der Waals surface area (Å²) in [7, 11) is 0. The molecule has 0 aliphatic carbocycles. The number of anilines is 3. The molecule has 8 heteroatoms. The Morgan fingerprint density at radius 3 is 2.71 bits per heavy atom. The van der Waals surface area contributed by atoms with E-state index in [1.165, 1.54) is 11.8 Å². The van der Waals surface area contributed by atoms with E-state index in [9.17, 15) is 4.79 Å². The van der Waals surface area contributed by atoms with Crippen LogP contribution < -0.4 is 15.0 Å². The molecule has 7 nitrogen and oxygen atoms in total. The number of para-hydroxylation sites is 3. The Balaban J connectivity index is 1.40. The van der Waals surface area contributed by atoms with Gasteiger partial charge < -0.3 is 15.0 Å². The first-order valence-electron chi connectivity index (χ1n) is 9.16. The lowest BCUT2D eigenvalue weighted by molar-refractivity contribution is -0.113. The number of nitrogens with zero attached hydrogens (tertiary/aromatic N) is 4. The molecule has 1 amide bonds. The molecule has 0 radical (unpaired) electrons. The highest BCUT2D eigenvalue weighted by Gasteiger charge is 2.26. The zero-order valence-electron chi connectivity index (χ0n) is 15.5. The minimum Gasteiger partial charge on any atom is -0.492 e. The highest BCUT2D eigenvalue weighted by Crippen LogP contribution is 2.32. The average Bonchev–Trinajstić information content (AvgIpc) is 3.31. The van der Waals surface area contributed by atoms with Crippen LogP contribution >= 0.6 is 11.8 Å². The maximum absolute atomic E-state index is 12.4. The van der Waals surface area contributed by atoms with Crippen molar-refractivity contribution in [3.05, 3.63) is 54.6 Å². The van der Waals surface area contributed by atoms with Crippen molar-refractivity contribution < 1.29 is 9.53 Å². The third kappa shape index (κ3) is 3.82. The van der Waals surface area contributed by atoms with Gasteiger partial charge in [0.05, 0.1) is 18.0 Å². The summed E-state index contributed by atoms with van der Waals surface area (Å²) in [6.07, 6.45) is 0. The van der Waals surface area contributed by atoms with Crippen molar-refractivity contribution in [2.45, 2.75) is 18.6 Å². The number of rotatable bonds is 7. The number of benzene rings is 2. The number of hydrogen-bond donors (Lipinski definition) is 1. The largest absolute Gasteiger partial charge is 0.492 e. The van der Waals surface area contributed by atoms with Gasteiger partial charge in [0.1, 0.15) is 5.75 Å². The fourth-order valence-corrected chi connectivity index (χ4v) is 3.86. The second kappa shape index (κ2) is 8.35. The first-order chi connectivity index (χ1) is 13.8. The molecule has 0 fully saturated rings. The van der Waals surface area contributed by atoms with Crippen molar-refractivity contribution in [1.82, 2.24) is 14.8 Å². The van der Waals surface area contributed by atoms with Gasteiger partial charge in [-0.05, 0) is 31.2 Å². The predicted molar refractivity (Wildman–Crippen MR) is 110 cm³/mol. The smallest absolute Gasteiger partial charge is 0.234 e. The van der Waals surface area contributed by atoms with Crippen molar-refractivity contribution in [3.63, 3.8) is 0 Å². The summed E-state index contributed by atoms with van der Waals surface area (Å²) in [5.41, 5.74) is 1.77. The Kier molecular flexibility index (Phi) is 5.48. The normalized spacial score (nSPS) is 12.7. The summed E-state index contributed by atoms with van der Waals surface area (Å²) in [6.45, 7) is 4.11.